The molecule has 1 aromatic carbocycles. The van der Waals surface area contributed by atoms with Gasteiger partial charge in [-0.3, -0.25) is 4.79 Å². The van der Waals surface area contributed by atoms with Crippen LogP contribution in [0.4, 0.5) is 5.69 Å². The van der Waals surface area contributed by atoms with E-state index in [9.17, 15) is 4.79 Å². The van der Waals surface area contributed by atoms with Gasteiger partial charge in [-0.2, -0.15) is 0 Å². The molecule has 1 amide bonds. The van der Waals surface area contributed by atoms with E-state index in [1.54, 1.807) is 0 Å². The summed E-state index contributed by atoms with van der Waals surface area (Å²) in [4.78, 5) is 14.0. The zero-order valence-corrected chi connectivity index (χ0v) is 9.86. The van der Waals surface area contributed by atoms with Crippen molar-refractivity contribution < 1.29 is 4.79 Å². The second-order valence-corrected chi connectivity index (χ2v) is 5.17. The zero-order chi connectivity index (χ0) is 11.3. The number of hydrogen-bond donors (Lipinski definition) is 0. The Kier molecular flexibility index (Phi) is 2.06. The molecule has 0 spiro atoms. The molecule has 2 aliphatic heterocycles. The number of para-hydroxylation sites is 1. The molecule has 1 aromatic rings. The van der Waals surface area contributed by atoms with Gasteiger partial charge in [-0.1, -0.05) is 32.0 Å². The van der Waals surface area contributed by atoms with Gasteiger partial charge in [0.1, 0.15) is 0 Å². The average molecular weight is 215 g/mol. The number of carbonyl (C=O) groups is 1. The summed E-state index contributed by atoms with van der Waals surface area (Å²) in [7, 11) is 0. The third-order valence-electron chi connectivity index (χ3n) is 3.79. The van der Waals surface area contributed by atoms with Crippen LogP contribution in [0.1, 0.15) is 43.7 Å². The van der Waals surface area contributed by atoms with Crippen molar-refractivity contribution in [1.29, 1.82) is 0 Å². The van der Waals surface area contributed by atoms with E-state index >= 15 is 0 Å². The van der Waals surface area contributed by atoms with E-state index in [1.165, 1.54) is 16.8 Å². The summed E-state index contributed by atoms with van der Waals surface area (Å²) in [6, 6.07) is 6.91. The molecular weight excluding hydrogens is 198 g/mol. The van der Waals surface area contributed by atoms with Crippen LogP contribution in [0.25, 0.3) is 0 Å². The summed E-state index contributed by atoms with van der Waals surface area (Å²) in [5.41, 5.74) is 3.92. The molecule has 2 heterocycles. The fourth-order valence-corrected chi connectivity index (χ4v) is 3.03. The first-order valence-corrected chi connectivity index (χ1v) is 6.12. The van der Waals surface area contributed by atoms with Gasteiger partial charge >= 0.3 is 0 Å². The zero-order valence-electron chi connectivity index (χ0n) is 9.86. The summed E-state index contributed by atoms with van der Waals surface area (Å²) in [6.07, 6.45) is 2.82. The highest BCUT2D eigenvalue weighted by molar-refractivity contribution is 5.99. The Hall–Kier alpha value is -1.31. The first-order chi connectivity index (χ1) is 7.68. The van der Waals surface area contributed by atoms with Gasteiger partial charge in [-0.15, -0.1) is 0 Å². The lowest BCUT2D eigenvalue weighted by molar-refractivity contribution is -0.117. The third-order valence-corrected chi connectivity index (χ3v) is 3.79. The van der Waals surface area contributed by atoms with E-state index in [0.29, 0.717) is 17.9 Å². The van der Waals surface area contributed by atoms with E-state index in [2.05, 4.69) is 36.9 Å². The van der Waals surface area contributed by atoms with Crippen molar-refractivity contribution in [3.8, 4) is 0 Å². The van der Waals surface area contributed by atoms with Gasteiger partial charge in [0, 0.05) is 12.5 Å². The van der Waals surface area contributed by atoms with Crippen LogP contribution in [0.2, 0.25) is 0 Å². The predicted octanol–water partition coefficient (Wildman–Crippen LogP) is 2.86. The Labute approximate surface area is 96.3 Å². The van der Waals surface area contributed by atoms with E-state index in [4.69, 9.17) is 0 Å². The van der Waals surface area contributed by atoms with Crippen molar-refractivity contribution in [3.05, 3.63) is 29.3 Å². The number of amides is 1. The number of carbonyl (C=O) groups excluding carboxylic acids is 1. The van der Waals surface area contributed by atoms with Crippen LogP contribution < -0.4 is 4.90 Å². The lowest BCUT2D eigenvalue weighted by Gasteiger charge is -2.21. The number of hydrogen-bond acceptors (Lipinski definition) is 1. The minimum Gasteiger partial charge on any atom is -0.308 e. The molecule has 1 atom stereocenters. The second-order valence-electron chi connectivity index (χ2n) is 5.17. The van der Waals surface area contributed by atoms with Gasteiger partial charge in [0.05, 0.1) is 5.69 Å². The lowest BCUT2D eigenvalue weighted by Crippen LogP contribution is -2.29. The van der Waals surface area contributed by atoms with Gasteiger partial charge in [0.15, 0.2) is 0 Å². The topological polar surface area (TPSA) is 20.3 Å². The molecule has 84 valence electrons. The average Bonchev–Trinajstić information content (AvgIpc) is 2.77. The number of rotatable bonds is 1. The molecule has 3 rings (SSSR count). The fraction of sp³-hybridized carbons (Fsp3) is 0.500. The minimum absolute atomic E-state index is 0.317. The molecule has 0 saturated carbocycles. The molecule has 1 saturated heterocycles. The van der Waals surface area contributed by atoms with Crippen LogP contribution in [-0.2, 0) is 11.2 Å². The first-order valence-electron chi connectivity index (χ1n) is 6.12. The molecular formula is C14H17NO. The summed E-state index contributed by atoms with van der Waals surface area (Å²) < 4.78 is 0. The molecule has 0 aromatic heterocycles. The van der Waals surface area contributed by atoms with Crippen molar-refractivity contribution in [2.75, 3.05) is 4.90 Å². The Bertz CT molecular complexity index is 450. The Morgan fingerprint density at radius 1 is 1.38 bits per heavy atom. The minimum atomic E-state index is 0.317. The van der Waals surface area contributed by atoms with Crippen molar-refractivity contribution in [2.24, 2.45) is 0 Å². The van der Waals surface area contributed by atoms with E-state index in [0.717, 1.165) is 19.3 Å². The third kappa shape index (κ3) is 1.22. The van der Waals surface area contributed by atoms with E-state index in [1.807, 2.05) is 0 Å². The Morgan fingerprint density at radius 2 is 2.19 bits per heavy atom. The number of benzene rings is 1. The van der Waals surface area contributed by atoms with Crippen LogP contribution in [0.15, 0.2) is 18.2 Å². The van der Waals surface area contributed by atoms with Gasteiger partial charge in [0.25, 0.3) is 0 Å². The summed E-state index contributed by atoms with van der Waals surface area (Å²) in [5.74, 6) is 0.805. The maximum Gasteiger partial charge on any atom is 0.227 e. The molecule has 16 heavy (non-hydrogen) atoms. The van der Waals surface area contributed by atoms with Crippen molar-refractivity contribution in [3.63, 3.8) is 0 Å². The molecule has 0 N–H and O–H groups in total. The van der Waals surface area contributed by atoms with Crippen LogP contribution in [0.3, 0.4) is 0 Å². The van der Waals surface area contributed by atoms with Gasteiger partial charge in [0.2, 0.25) is 5.91 Å². The predicted molar refractivity (Wildman–Crippen MR) is 64.7 cm³/mol. The summed E-state index contributed by atoms with van der Waals surface area (Å²) in [5, 5.41) is 0. The van der Waals surface area contributed by atoms with E-state index in [-0.39, 0.29) is 0 Å². The fourth-order valence-electron chi connectivity index (χ4n) is 3.03. The van der Waals surface area contributed by atoms with Crippen LogP contribution >= 0.6 is 0 Å². The monoisotopic (exact) mass is 215 g/mol. The van der Waals surface area contributed by atoms with Crippen molar-refractivity contribution in [2.45, 2.75) is 45.1 Å². The maximum absolute atomic E-state index is 11.9. The maximum atomic E-state index is 11.9. The Balaban J connectivity index is 2.15. The van der Waals surface area contributed by atoms with Gasteiger partial charge in [-0.25, -0.2) is 0 Å². The van der Waals surface area contributed by atoms with Crippen LogP contribution in [-0.4, -0.2) is 11.9 Å². The number of fused-ring (bicyclic) bond motifs is 3. The molecule has 1 unspecified atom stereocenters. The van der Waals surface area contributed by atoms with Crippen molar-refractivity contribution in [1.82, 2.24) is 0 Å². The number of nitrogens with zero attached hydrogens (tertiary/aromatic N) is 1. The highest BCUT2D eigenvalue weighted by atomic mass is 16.2. The largest absolute Gasteiger partial charge is 0.308 e. The molecule has 1 fully saturated rings. The van der Waals surface area contributed by atoms with Crippen LogP contribution in [0, 0.1) is 0 Å². The summed E-state index contributed by atoms with van der Waals surface area (Å²) in [6.45, 7) is 4.40. The smallest absolute Gasteiger partial charge is 0.227 e. The van der Waals surface area contributed by atoms with Gasteiger partial charge in [-0.05, 0) is 29.9 Å². The highest BCUT2D eigenvalue weighted by Crippen LogP contribution is 2.42. The first kappa shape index (κ1) is 9.88. The normalized spacial score (nSPS) is 22.8. The molecule has 0 aliphatic carbocycles. The second kappa shape index (κ2) is 3.34. The lowest BCUT2D eigenvalue weighted by atomic mass is 9.97. The van der Waals surface area contributed by atoms with Gasteiger partial charge < -0.3 is 4.90 Å². The highest BCUT2D eigenvalue weighted by Gasteiger charge is 2.39. The van der Waals surface area contributed by atoms with E-state index < -0.39 is 0 Å². The quantitative estimate of drug-likeness (QED) is 0.705. The molecule has 2 aliphatic rings. The summed E-state index contributed by atoms with van der Waals surface area (Å²) >= 11 is 0. The SMILES string of the molecule is CC(C)c1cccc2c1N1C(=O)CCC1C2. The molecule has 0 bridgehead atoms. The Morgan fingerprint density at radius 3 is 2.94 bits per heavy atom. The number of anilines is 1. The van der Waals surface area contributed by atoms with Crippen LogP contribution in [0.5, 0.6) is 0 Å². The van der Waals surface area contributed by atoms with Crippen molar-refractivity contribution >= 4 is 11.6 Å². The molecule has 2 nitrogen and oxygen atoms in total. The molecule has 2 heteroatoms. The molecule has 0 radical (unpaired) electrons. The standard InChI is InChI=1S/C14H17NO/c1-9(2)12-5-3-4-10-8-11-6-7-13(16)15(11)14(10)12/h3-5,9,11H,6-8H2,1-2H3.